The van der Waals surface area contributed by atoms with Gasteiger partial charge in [0.1, 0.15) is 12.0 Å². The highest BCUT2D eigenvalue weighted by Gasteiger charge is 2.30. The minimum atomic E-state index is -0.463. The zero-order valence-corrected chi connectivity index (χ0v) is 11.9. The van der Waals surface area contributed by atoms with E-state index in [9.17, 15) is 5.11 Å². The Hall–Kier alpha value is -0.770. The lowest BCUT2D eigenvalue weighted by molar-refractivity contribution is 0.0117. The fraction of sp³-hybridized carbons (Fsp3) is 0.571. The molecule has 0 saturated heterocycles. The molecular weight excluding hydrogens is 250 g/mol. The third kappa shape index (κ3) is 2.35. The Morgan fingerprint density at radius 2 is 2.17 bits per heavy atom. The molecule has 1 aromatic carbocycles. The number of aliphatic hydroxyl groups is 1. The quantitative estimate of drug-likeness (QED) is 0.857. The molecular formula is C14H20ClNO2. The molecule has 2 rings (SSSR count). The lowest BCUT2D eigenvalue weighted by atomic mass is 9.81. The van der Waals surface area contributed by atoms with Crippen LogP contribution in [0.5, 0.6) is 5.75 Å². The van der Waals surface area contributed by atoms with E-state index in [0.29, 0.717) is 5.02 Å². The van der Waals surface area contributed by atoms with Crippen LogP contribution in [0.15, 0.2) is 12.1 Å². The van der Waals surface area contributed by atoms with E-state index >= 15 is 0 Å². The number of ether oxygens (including phenoxy) is 1. The molecule has 1 aliphatic rings. The van der Waals surface area contributed by atoms with Gasteiger partial charge in [0.15, 0.2) is 0 Å². The molecule has 1 N–H and O–H groups in total. The zero-order chi connectivity index (χ0) is 13.3. The summed E-state index contributed by atoms with van der Waals surface area (Å²) in [6, 6.07) is 3.89. The number of rotatable bonds is 3. The molecule has 0 aliphatic heterocycles. The average Bonchev–Trinajstić information content (AvgIpc) is 2.36. The van der Waals surface area contributed by atoms with Crippen LogP contribution in [0, 0.1) is 0 Å². The number of methoxy groups -OCH3 is 1. The number of hydrogen-bond donors (Lipinski definition) is 1. The van der Waals surface area contributed by atoms with Crippen LogP contribution in [-0.4, -0.2) is 37.4 Å². The second kappa shape index (κ2) is 5.47. The summed E-state index contributed by atoms with van der Waals surface area (Å²) in [6.45, 7) is 0. The standard InChI is InChI=1S/C14H20ClNO2/c1-16(2)14(17)11-6-4-5-10-9(11)7-8-12(15)13(10)18-3/h7-8,11,14,17H,4-6H2,1-3H3. The molecule has 2 atom stereocenters. The van der Waals surface area contributed by atoms with Gasteiger partial charge in [0.25, 0.3) is 0 Å². The highest BCUT2D eigenvalue weighted by molar-refractivity contribution is 6.32. The van der Waals surface area contributed by atoms with E-state index in [1.54, 1.807) is 7.11 Å². The Labute approximate surface area is 113 Å². The van der Waals surface area contributed by atoms with Crippen LogP contribution in [0.1, 0.15) is 29.9 Å². The van der Waals surface area contributed by atoms with Crippen LogP contribution in [-0.2, 0) is 6.42 Å². The monoisotopic (exact) mass is 269 g/mol. The van der Waals surface area contributed by atoms with E-state index in [4.69, 9.17) is 16.3 Å². The molecule has 2 unspecified atom stereocenters. The Bertz CT molecular complexity index is 434. The highest BCUT2D eigenvalue weighted by atomic mass is 35.5. The topological polar surface area (TPSA) is 32.7 Å². The highest BCUT2D eigenvalue weighted by Crippen LogP contribution is 2.41. The summed E-state index contributed by atoms with van der Waals surface area (Å²) in [5.41, 5.74) is 2.32. The predicted molar refractivity (Wildman–Crippen MR) is 73.4 cm³/mol. The van der Waals surface area contributed by atoms with Crippen LogP contribution in [0.4, 0.5) is 0 Å². The van der Waals surface area contributed by atoms with Crippen molar-refractivity contribution >= 4 is 11.6 Å². The van der Waals surface area contributed by atoms with E-state index in [1.165, 1.54) is 5.56 Å². The van der Waals surface area contributed by atoms with Gasteiger partial charge in [-0.2, -0.15) is 0 Å². The van der Waals surface area contributed by atoms with Crippen molar-refractivity contribution < 1.29 is 9.84 Å². The number of benzene rings is 1. The molecule has 0 amide bonds. The second-order valence-corrected chi connectivity index (χ2v) is 5.43. The van der Waals surface area contributed by atoms with Gasteiger partial charge in [-0.15, -0.1) is 0 Å². The molecule has 18 heavy (non-hydrogen) atoms. The van der Waals surface area contributed by atoms with Crippen LogP contribution in [0.25, 0.3) is 0 Å². The van der Waals surface area contributed by atoms with E-state index in [1.807, 2.05) is 31.1 Å². The van der Waals surface area contributed by atoms with Gasteiger partial charge in [0, 0.05) is 5.92 Å². The molecule has 0 bridgehead atoms. The third-order valence-corrected chi connectivity index (χ3v) is 3.98. The average molecular weight is 270 g/mol. The van der Waals surface area contributed by atoms with Gasteiger partial charge in [0.2, 0.25) is 0 Å². The van der Waals surface area contributed by atoms with E-state index in [-0.39, 0.29) is 5.92 Å². The van der Waals surface area contributed by atoms with Crippen molar-refractivity contribution in [1.29, 1.82) is 0 Å². The van der Waals surface area contributed by atoms with E-state index < -0.39 is 6.23 Å². The molecule has 0 saturated carbocycles. The first kappa shape index (κ1) is 13.7. The Balaban J connectivity index is 2.44. The van der Waals surface area contributed by atoms with Crippen molar-refractivity contribution in [3.8, 4) is 5.75 Å². The van der Waals surface area contributed by atoms with Crippen molar-refractivity contribution in [3.05, 3.63) is 28.3 Å². The Morgan fingerprint density at radius 1 is 1.44 bits per heavy atom. The van der Waals surface area contributed by atoms with Gasteiger partial charge in [-0.1, -0.05) is 17.7 Å². The first-order valence-electron chi connectivity index (χ1n) is 6.26. The summed E-state index contributed by atoms with van der Waals surface area (Å²) >= 11 is 6.15. The summed E-state index contributed by atoms with van der Waals surface area (Å²) in [5, 5.41) is 10.9. The maximum atomic E-state index is 10.3. The minimum Gasteiger partial charge on any atom is -0.495 e. The van der Waals surface area contributed by atoms with Crippen molar-refractivity contribution in [1.82, 2.24) is 4.90 Å². The first-order valence-corrected chi connectivity index (χ1v) is 6.63. The van der Waals surface area contributed by atoms with Crippen LogP contribution in [0.2, 0.25) is 5.02 Å². The maximum Gasteiger partial charge on any atom is 0.140 e. The summed E-state index contributed by atoms with van der Waals surface area (Å²) in [6.07, 6.45) is 2.56. The van der Waals surface area contributed by atoms with Crippen LogP contribution < -0.4 is 4.74 Å². The maximum absolute atomic E-state index is 10.3. The fourth-order valence-electron chi connectivity index (χ4n) is 2.76. The summed E-state index contributed by atoms with van der Waals surface area (Å²) in [4.78, 5) is 1.85. The number of likely N-dealkylation sites (N-methyl/N-ethyl adjacent to an activating group) is 1. The molecule has 1 aliphatic carbocycles. The Kier molecular flexibility index (Phi) is 4.15. The molecule has 0 radical (unpaired) electrons. The molecule has 0 heterocycles. The minimum absolute atomic E-state index is 0.134. The smallest absolute Gasteiger partial charge is 0.140 e. The molecule has 1 aromatic rings. The zero-order valence-electron chi connectivity index (χ0n) is 11.1. The lowest BCUT2D eigenvalue weighted by Crippen LogP contribution is -2.35. The molecule has 4 heteroatoms. The van der Waals surface area contributed by atoms with Crippen molar-refractivity contribution in [3.63, 3.8) is 0 Å². The number of fused-ring (bicyclic) bond motifs is 1. The Morgan fingerprint density at radius 3 is 2.78 bits per heavy atom. The number of aliphatic hydroxyl groups excluding tert-OH is 1. The summed E-state index contributed by atoms with van der Waals surface area (Å²) in [7, 11) is 5.44. The number of halogens is 1. The molecule has 3 nitrogen and oxygen atoms in total. The van der Waals surface area contributed by atoms with Crippen LogP contribution in [0.3, 0.4) is 0 Å². The summed E-state index contributed by atoms with van der Waals surface area (Å²) < 4.78 is 5.40. The van der Waals surface area contributed by atoms with E-state index in [2.05, 4.69) is 0 Å². The third-order valence-electron chi connectivity index (χ3n) is 3.68. The van der Waals surface area contributed by atoms with Crippen LogP contribution >= 0.6 is 11.6 Å². The number of nitrogens with zero attached hydrogens (tertiary/aromatic N) is 1. The van der Waals surface area contributed by atoms with Crippen molar-refractivity contribution in [2.24, 2.45) is 0 Å². The molecule has 100 valence electrons. The molecule has 0 fully saturated rings. The lowest BCUT2D eigenvalue weighted by Gasteiger charge is -2.33. The van der Waals surface area contributed by atoms with Gasteiger partial charge >= 0.3 is 0 Å². The van der Waals surface area contributed by atoms with Crippen molar-refractivity contribution in [2.75, 3.05) is 21.2 Å². The molecule has 0 spiro atoms. The predicted octanol–water partition coefficient (Wildman–Crippen LogP) is 2.65. The largest absolute Gasteiger partial charge is 0.495 e. The SMILES string of the molecule is COc1c(Cl)ccc2c1CCCC2C(O)N(C)C. The fourth-order valence-corrected chi connectivity index (χ4v) is 3.02. The van der Waals surface area contributed by atoms with Gasteiger partial charge in [-0.25, -0.2) is 0 Å². The summed E-state index contributed by atoms with van der Waals surface area (Å²) in [5.74, 6) is 0.903. The molecule has 0 aromatic heterocycles. The van der Waals surface area contributed by atoms with Gasteiger partial charge < -0.3 is 9.84 Å². The van der Waals surface area contributed by atoms with E-state index in [0.717, 1.165) is 30.6 Å². The first-order chi connectivity index (χ1) is 8.56. The number of hydrogen-bond acceptors (Lipinski definition) is 3. The van der Waals surface area contributed by atoms with Gasteiger partial charge in [-0.05, 0) is 50.6 Å². The normalized spacial score (nSPS) is 20.7. The van der Waals surface area contributed by atoms with Gasteiger partial charge in [0.05, 0.1) is 12.1 Å². The second-order valence-electron chi connectivity index (χ2n) is 5.02. The van der Waals surface area contributed by atoms with Gasteiger partial charge in [-0.3, -0.25) is 4.90 Å². The van der Waals surface area contributed by atoms with Crippen molar-refractivity contribution in [2.45, 2.75) is 31.4 Å².